The molecular formula is C24H33NO. The number of rotatable bonds is 4. The van der Waals surface area contributed by atoms with E-state index in [-0.39, 0.29) is 0 Å². The molecule has 0 N–H and O–H groups in total. The van der Waals surface area contributed by atoms with Crippen molar-refractivity contribution in [1.29, 1.82) is 0 Å². The summed E-state index contributed by atoms with van der Waals surface area (Å²) in [7, 11) is 0. The largest absolute Gasteiger partial charge is 0.493 e. The molecule has 2 fully saturated rings. The van der Waals surface area contributed by atoms with E-state index >= 15 is 0 Å². The van der Waals surface area contributed by atoms with Gasteiger partial charge in [0.2, 0.25) is 0 Å². The summed E-state index contributed by atoms with van der Waals surface area (Å²) in [4.78, 5) is 2.69. The Morgan fingerprint density at radius 3 is 2.54 bits per heavy atom. The maximum atomic E-state index is 5.71. The van der Waals surface area contributed by atoms with Crippen LogP contribution in [-0.2, 0) is 4.74 Å². The molecule has 1 saturated heterocycles. The van der Waals surface area contributed by atoms with Crippen molar-refractivity contribution in [3.8, 4) is 0 Å². The van der Waals surface area contributed by atoms with E-state index in [9.17, 15) is 0 Å². The first-order valence-corrected chi connectivity index (χ1v) is 10.2. The highest BCUT2D eigenvalue weighted by atomic mass is 16.5. The van der Waals surface area contributed by atoms with Crippen LogP contribution in [0.3, 0.4) is 0 Å². The molecule has 1 aliphatic carbocycles. The molecule has 26 heavy (non-hydrogen) atoms. The molecule has 140 valence electrons. The molecule has 0 spiro atoms. The van der Waals surface area contributed by atoms with Gasteiger partial charge in [0.25, 0.3) is 0 Å². The molecule has 0 bridgehead atoms. The van der Waals surface area contributed by atoms with Gasteiger partial charge in [-0.05, 0) is 70.1 Å². The highest BCUT2D eigenvalue weighted by molar-refractivity contribution is 5.48. The molecular weight excluding hydrogens is 318 g/mol. The SMILES string of the molecule is CCC(=C=C=C(C)C=C1CCN(C2CCC2)CC1)C1=C(C)OCC=C1C. The number of likely N-dealkylation sites (tertiary alicyclic amines) is 1. The Labute approximate surface area is 159 Å². The minimum absolute atomic E-state index is 0.681. The van der Waals surface area contributed by atoms with Gasteiger partial charge in [0, 0.05) is 30.3 Å². The Kier molecular flexibility index (Phi) is 6.43. The van der Waals surface area contributed by atoms with Crippen LogP contribution < -0.4 is 0 Å². The smallest absolute Gasteiger partial charge is 0.106 e. The average Bonchev–Trinajstić information content (AvgIpc) is 2.57. The lowest BCUT2D eigenvalue weighted by Gasteiger charge is -2.40. The van der Waals surface area contributed by atoms with Gasteiger partial charge in [0.05, 0.1) is 0 Å². The molecule has 0 amide bonds. The summed E-state index contributed by atoms with van der Waals surface area (Å²) in [6, 6.07) is 0.883. The van der Waals surface area contributed by atoms with Crippen LogP contribution in [0.1, 0.15) is 66.2 Å². The lowest BCUT2D eigenvalue weighted by Crippen LogP contribution is -2.43. The van der Waals surface area contributed by atoms with Crippen LogP contribution in [0.5, 0.6) is 0 Å². The van der Waals surface area contributed by atoms with Gasteiger partial charge in [-0.3, -0.25) is 4.90 Å². The Balaban J connectivity index is 1.74. The van der Waals surface area contributed by atoms with Crippen molar-refractivity contribution in [3.05, 3.63) is 57.2 Å². The van der Waals surface area contributed by atoms with E-state index in [1.165, 1.54) is 67.5 Å². The standard InChI is InChI=1S/C24H33NO/c1-5-22(24-19(3)13-16-26-20(24)4)10-9-18(2)17-21-11-14-25(15-12-21)23-7-6-8-23/h13,17,23H,5-8,11-12,14-16H2,1-4H3. The molecule has 0 aromatic rings. The number of nitrogens with zero attached hydrogens (tertiary/aromatic N) is 1. The van der Waals surface area contributed by atoms with Gasteiger partial charge in [-0.25, -0.2) is 0 Å². The maximum Gasteiger partial charge on any atom is 0.106 e. The van der Waals surface area contributed by atoms with Gasteiger partial charge < -0.3 is 4.74 Å². The van der Waals surface area contributed by atoms with Crippen LogP contribution in [0.4, 0.5) is 0 Å². The predicted octanol–water partition coefficient (Wildman–Crippen LogP) is 5.85. The lowest BCUT2D eigenvalue weighted by atomic mass is 9.89. The van der Waals surface area contributed by atoms with Crippen LogP contribution in [-0.4, -0.2) is 30.6 Å². The summed E-state index contributed by atoms with van der Waals surface area (Å²) in [6.45, 7) is 11.7. The van der Waals surface area contributed by atoms with Crippen molar-refractivity contribution in [1.82, 2.24) is 4.90 Å². The van der Waals surface area contributed by atoms with E-state index in [0.29, 0.717) is 6.61 Å². The zero-order chi connectivity index (χ0) is 18.5. The van der Waals surface area contributed by atoms with E-state index in [4.69, 9.17) is 4.74 Å². The highest BCUT2D eigenvalue weighted by Gasteiger charge is 2.26. The monoisotopic (exact) mass is 351 g/mol. The second-order valence-corrected chi connectivity index (χ2v) is 7.82. The van der Waals surface area contributed by atoms with E-state index < -0.39 is 0 Å². The van der Waals surface area contributed by atoms with E-state index in [1.807, 2.05) is 0 Å². The Hall–Kier alpha value is -1.72. The quantitative estimate of drug-likeness (QED) is 0.589. The number of hydrogen-bond donors (Lipinski definition) is 0. The van der Waals surface area contributed by atoms with E-state index in [0.717, 1.165) is 18.2 Å². The molecule has 2 aliphatic heterocycles. The topological polar surface area (TPSA) is 12.5 Å². The number of ether oxygens (including phenoxy) is 1. The minimum atomic E-state index is 0.681. The van der Waals surface area contributed by atoms with Crippen molar-refractivity contribution in [3.63, 3.8) is 0 Å². The molecule has 2 nitrogen and oxygen atoms in total. The van der Waals surface area contributed by atoms with Crippen molar-refractivity contribution in [2.24, 2.45) is 0 Å². The molecule has 0 atom stereocenters. The van der Waals surface area contributed by atoms with Crippen molar-refractivity contribution in [2.75, 3.05) is 19.7 Å². The average molecular weight is 352 g/mol. The van der Waals surface area contributed by atoms with E-state index in [2.05, 4.69) is 56.2 Å². The number of hydrogen-bond acceptors (Lipinski definition) is 2. The van der Waals surface area contributed by atoms with Crippen molar-refractivity contribution in [2.45, 2.75) is 72.3 Å². The maximum absolute atomic E-state index is 5.71. The summed E-state index contributed by atoms with van der Waals surface area (Å²) in [6.07, 6.45) is 12.1. The Morgan fingerprint density at radius 1 is 1.23 bits per heavy atom. The normalized spacial score (nSPS) is 21.2. The van der Waals surface area contributed by atoms with Gasteiger partial charge in [0.1, 0.15) is 12.4 Å². The number of allylic oxidation sites excluding steroid dienone is 6. The fraction of sp³-hybridized carbons (Fsp3) is 0.583. The Bertz CT molecular complexity index is 722. The molecule has 0 unspecified atom stereocenters. The van der Waals surface area contributed by atoms with Crippen LogP contribution in [0.25, 0.3) is 0 Å². The number of piperidine rings is 1. The molecule has 2 heteroatoms. The first kappa shape index (κ1) is 19.1. The van der Waals surface area contributed by atoms with Crippen LogP contribution in [0.15, 0.2) is 57.2 Å². The first-order valence-electron chi connectivity index (χ1n) is 10.2. The van der Waals surface area contributed by atoms with E-state index in [1.54, 1.807) is 5.57 Å². The summed E-state index contributed by atoms with van der Waals surface area (Å²) in [5.74, 6) is 1.01. The van der Waals surface area contributed by atoms with Gasteiger partial charge in [-0.1, -0.05) is 36.5 Å². The van der Waals surface area contributed by atoms with Crippen molar-refractivity contribution < 1.29 is 4.74 Å². The Morgan fingerprint density at radius 2 is 1.96 bits per heavy atom. The predicted molar refractivity (Wildman–Crippen MR) is 109 cm³/mol. The third kappa shape index (κ3) is 4.51. The minimum Gasteiger partial charge on any atom is -0.493 e. The summed E-state index contributed by atoms with van der Waals surface area (Å²) < 4.78 is 5.71. The second kappa shape index (κ2) is 8.78. The zero-order valence-corrected chi connectivity index (χ0v) is 17.0. The molecule has 0 aromatic carbocycles. The highest BCUT2D eigenvalue weighted by Crippen LogP contribution is 2.30. The van der Waals surface area contributed by atoms with Crippen LogP contribution in [0.2, 0.25) is 0 Å². The van der Waals surface area contributed by atoms with Crippen molar-refractivity contribution >= 4 is 0 Å². The second-order valence-electron chi connectivity index (χ2n) is 7.82. The summed E-state index contributed by atoms with van der Waals surface area (Å²) in [5, 5.41) is 0. The van der Waals surface area contributed by atoms with Gasteiger partial charge in [-0.15, -0.1) is 0 Å². The molecule has 3 rings (SSSR count). The molecule has 1 saturated carbocycles. The third-order valence-electron chi connectivity index (χ3n) is 5.95. The molecule has 0 aromatic heterocycles. The molecule has 2 heterocycles. The first-order chi connectivity index (χ1) is 12.6. The third-order valence-corrected chi connectivity index (χ3v) is 5.95. The summed E-state index contributed by atoms with van der Waals surface area (Å²) in [5.41, 5.74) is 13.3. The zero-order valence-electron chi connectivity index (χ0n) is 17.0. The van der Waals surface area contributed by atoms with Gasteiger partial charge >= 0.3 is 0 Å². The lowest BCUT2D eigenvalue weighted by molar-refractivity contribution is 0.118. The molecule has 3 aliphatic rings. The van der Waals surface area contributed by atoms with Gasteiger partial charge in [-0.2, -0.15) is 0 Å². The van der Waals surface area contributed by atoms with Crippen LogP contribution >= 0.6 is 0 Å². The van der Waals surface area contributed by atoms with Gasteiger partial charge in [0.15, 0.2) is 0 Å². The summed E-state index contributed by atoms with van der Waals surface area (Å²) >= 11 is 0. The fourth-order valence-corrected chi connectivity index (χ4v) is 4.11. The fourth-order valence-electron chi connectivity index (χ4n) is 4.11. The van der Waals surface area contributed by atoms with Crippen LogP contribution in [0, 0.1) is 0 Å². The molecule has 0 radical (unpaired) electrons.